The van der Waals surface area contributed by atoms with E-state index in [1.54, 1.807) is 18.2 Å². The van der Waals surface area contributed by atoms with Gasteiger partial charge in [-0.25, -0.2) is 9.59 Å². The van der Waals surface area contributed by atoms with Gasteiger partial charge in [-0.1, -0.05) is 48.5 Å². The zero-order valence-corrected chi connectivity index (χ0v) is 9.37. The van der Waals surface area contributed by atoms with Crippen molar-refractivity contribution in [2.24, 2.45) is 0 Å². The summed E-state index contributed by atoms with van der Waals surface area (Å²) >= 11 is 0. The summed E-state index contributed by atoms with van der Waals surface area (Å²) in [5, 5.41) is 8.46. The lowest BCUT2D eigenvalue weighted by Crippen LogP contribution is -2.11. The van der Waals surface area contributed by atoms with Crippen LogP contribution >= 0.6 is 0 Å². The molecular weight excluding hydrogens is 232 g/mol. The van der Waals surface area contributed by atoms with Crippen molar-refractivity contribution < 1.29 is 19.4 Å². The Morgan fingerprint density at radius 3 is 2.17 bits per heavy atom. The van der Waals surface area contributed by atoms with Gasteiger partial charge < -0.3 is 9.84 Å². The molecule has 0 aromatic heterocycles. The molecule has 0 atom stereocenters. The van der Waals surface area contributed by atoms with E-state index in [4.69, 9.17) is 5.11 Å². The molecule has 1 N–H and O–H groups in total. The van der Waals surface area contributed by atoms with E-state index in [1.807, 2.05) is 30.3 Å². The van der Waals surface area contributed by atoms with E-state index >= 15 is 0 Å². The van der Waals surface area contributed by atoms with Crippen LogP contribution in [0.15, 0.2) is 54.6 Å². The van der Waals surface area contributed by atoms with E-state index in [2.05, 4.69) is 4.74 Å². The van der Waals surface area contributed by atoms with Gasteiger partial charge in [-0.2, -0.15) is 0 Å². The Hall–Kier alpha value is -2.62. The maximum absolute atomic E-state index is 11.6. The molecule has 0 aliphatic rings. The van der Waals surface area contributed by atoms with E-state index in [9.17, 15) is 9.59 Å². The van der Waals surface area contributed by atoms with Crippen molar-refractivity contribution in [3.8, 4) is 11.1 Å². The molecule has 0 fully saturated rings. The van der Waals surface area contributed by atoms with Crippen LogP contribution in [0.3, 0.4) is 0 Å². The number of benzene rings is 2. The second kappa shape index (κ2) is 5.14. The average Bonchev–Trinajstić information content (AvgIpc) is 2.39. The molecule has 2 aromatic carbocycles. The molecule has 0 aliphatic heterocycles. The molecule has 0 amide bonds. The lowest BCUT2D eigenvalue weighted by Gasteiger charge is -2.07. The summed E-state index contributed by atoms with van der Waals surface area (Å²) in [5.41, 5.74) is 1.70. The van der Waals surface area contributed by atoms with Crippen LogP contribution in [0.25, 0.3) is 11.1 Å². The van der Waals surface area contributed by atoms with Crippen LogP contribution in [0.5, 0.6) is 0 Å². The summed E-state index contributed by atoms with van der Waals surface area (Å²) in [4.78, 5) is 22.0. The monoisotopic (exact) mass is 242 g/mol. The highest BCUT2D eigenvalue weighted by atomic mass is 16.7. The number of esters is 1. The van der Waals surface area contributed by atoms with E-state index < -0.39 is 12.1 Å². The molecule has 0 spiro atoms. The van der Waals surface area contributed by atoms with Crippen molar-refractivity contribution in [3.05, 3.63) is 60.2 Å². The zero-order chi connectivity index (χ0) is 13.0. The molecule has 2 rings (SSSR count). The molecule has 90 valence electrons. The molecule has 0 saturated carbocycles. The number of carbonyl (C=O) groups is 2. The Labute approximate surface area is 103 Å². The first-order valence-electron chi connectivity index (χ1n) is 5.28. The van der Waals surface area contributed by atoms with Crippen LogP contribution in [0, 0.1) is 0 Å². The second-order valence-electron chi connectivity index (χ2n) is 3.57. The van der Waals surface area contributed by atoms with Gasteiger partial charge >= 0.3 is 12.1 Å². The first kappa shape index (κ1) is 11.9. The van der Waals surface area contributed by atoms with E-state index in [0.717, 1.165) is 5.56 Å². The minimum absolute atomic E-state index is 0.228. The van der Waals surface area contributed by atoms with Gasteiger partial charge in [0, 0.05) is 0 Å². The van der Waals surface area contributed by atoms with Crippen LogP contribution in [-0.4, -0.2) is 17.2 Å². The standard InChI is InChI=1S/C14H10O4/c15-13(18-14(16)17)12-9-5-4-8-11(12)10-6-2-1-3-7-10/h1-9H,(H,16,17). The summed E-state index contributed by atoms with van der Waals surface area (Å²) in [6.07, 6.45) is -1.61. The van der Waals surface area contributed by atoms with Crippen molar-refractivity contribution >= 4 is 12.1 Å². The first-order valence-corrected chi connectivity index (χ1v) is 5.28. The number of hydrogen-bond acceptors (Lipinski definition) is 3. The van der Waals surface area contributed by atoms with Crippen molar-refractivity contribution in [1.82, 2.24) is 0 Å². The lowest BCUT2D eigenvalue weighted by molar-refractivity contribution is 0.0510. The fourth-order valence-electron chi connectivity index (χ4n) is 1.66. The average molecular weight is 242 g/mol. The van der Waals surface area contributed by atoms with Gasteiger partial charge in [-0.3, -0.25) is 0 Å². The quantitative estimate of drug-likeness (QED) is 0.648. The van der Waals surface area contributed by atoms with Crippen molar-refractivity contribution in [2.75, 3.05) is 0 Å². The minimum atomic E-state index is -1.61. The molecule has 0 saturated heterocycles. The first-order chi connectivity index (χ1) is 8.68. The van der Waals surface area contributed by atoms with E-state index in [0.29, 0.717) is 5.56 Å². The van der Waals surface area contributed by atoms with Gasteiger partial charge in [0.15, 0.2) is 0 Å². The minimum Gasteiger partial charge on any atom is -0.449 e. The molecular formula is C14H10O4. The molecule has 0 bridgehead atoms. The maximum Gasteiger partial charge on any atom is 0.513 e. The molecule has 0 radical (unpaired) electrons. The Morgan fingerprint density at radius 1 is 0.889 bits per heavy atom. The van der Waals surface area contributed by atoms with Crippen molar-refractivity contribution in [2.45, 2.75) is 0 Å². The lowest BCUT2D eigenvalue weighted by atomic mass is 10.00. The SMILES string of the molecule is O=C(O)OC(=O)c1ccccc1-c1ccccc1. The third-order valence-corrected chi connectivity index (χ3v) is 2.41. The van der Waals surface area contributed by atoms with Crippen molar-refractivity contribution in [1.29, 1.82) is 0 Å². The number of carbonyl (C=O) groups excluding carboxylic acids is 1. The Bertz CT molecular complexity index is 575. The van der Waals surface area contributed by atoms with Crippen LogP contribution in [0.2, 0.25) is 0 Å². The van der Waals surface area contributed by atoms with Gasteiger partial charge in [0.25, 0.3) is 0 Å². The van der Waals surface area contributed by atoms with E-state index in [1.165, 1.54) is 6.07 Å². The zero-order valence-electron chi connectivity index (χ0n) is 9.37. The summed E-state index contributed by atoms with van der Waals surface area (Å²) in [7, 11) is 0. The van der Waals surface area contributed by atoms with Gasteiger partial charge in [0.05, 0.1) is 5.56 Å². The number of ether oxygens (including phenoxy) is 1. The van der Waals surface area contributed by atoms with Crippen LogP contribution < -0.4 is 0 Å². The van der Waals surface area contributed by atoms with Crippen LogP contribution in [0.4, 0.5) is 4.79 Å². The van der Waals surface area contributed by atoms with Crippen LogP contribution in [0.1, 0.15) is 10.4 Å². The molecule has 0 heterocycles. The highest BCUT2D eigenvalue weighted by molar-refractivity contribution is 6.00. The smallest absolute Gasteiger partial charge is 0.449 e. The van der Waals surface area contributed by atoms with Gasteiger partial charge in [0.2, 0.25) is 0 Å². The Balaban J connectivity index is 2.44. The molecule has 2 aromatic rings. The summed E-state index contributed by atoms with van der Waals surface area (Å²) in [6.45, 7) is 0. The molecule has 4 heteroatoms. The van der Waals surface area contributed by atoms with Crippen LogP contribution in [-0.2, 0) is 4.74 Å². The topological polar surface area (TPSA) is 63.6 Å². The molecule has 4 nitrogen and oxygen atoms in total. The third kappa shape index (κ3) is 2.55. The second-order valence-corrected chi connectivity index (χ2v) is 3.57. The predicted molar refractivity (Wildman–Crippen MR) is 65.3 cm³/mol. The third-order valence-electron chi connectivity index (χ3n) is 2.41. The molecule has 18 heavy (non-hydrogen) atoms. The van der Waals surface area contributed by atoms with Gasteiger partial charge in [0.1, 0.15) is 0 Å². The Kier molecular flexibility index (Phi) is 3.38. The molecule has 0 unspecified atom stereocenters. The van der Waals surface area contributed by atoms with Gasteiger partial charge in [-0.05, 0) is 17.2 Å². The predicted octanol–water partition coefficient (Wildman–Crippen LogP) is 3.19. The summed E-state index contributed by atoms with van der Waals surface area (Å²) < 4.78 is 4.18. The number of hydrogen-bond donors (Lipinski definition) is 1. The fraction of sp³-hybridized carbons (Fsp3) is 0. The highest BCUT2D eigenvalue weighted by Gasteiger charge is 2.16. The largest absolute Gasteiger partial charge is 0.513 e. The Morgan fingerprint density at radius 2 is 1.50 bits per heavy atom. The normalized spacial score (nSPS) is 9.78. The van der Waals surface area contributed by atoms with Gasteiger partial charge in [-0.15, -0.1) is 0 Å². The molecule has 0 aliphatic carbocycles. The fourth-order valence-corrected chi connectivity index (χ4v) is 1.66. The van der Waals surface area contributed by atoms with Crippen molar-refractivity contribution in [3.63, 3.8) is 0 Å². The number of rotatable bonds is 2. The summed E-state index contributed by atoms with van der Waals surface area (Å²) in [5.74, 6) is -0.873. The maximum atomic E-state index is 11.6. The highest BCUT2D eigenvalue weighted by Crippen LogP contribution is 2.23. The number of carboxylic acid groups (broad SMARTS) is 1. The summed E-state index contributed by atoms with van der Waals surface area (Å²) in [6, 6.07) is 15.9. The van der Waals surface area contributed by atoms with E-state index in [-0.39, 0.29) is 5.56 Å².